The highest BCUT2D eigenvalue weighted by Crippen LogP contribution is 2.30. The zero-order valence-corrected chi connectivity index (χ0v) is 10.9. The molecule has 0 spiro atoms. The van der Waals surface area contributed by atoms with Crippen molar-refractivity contribution in [2.45, 2.75) is 26.4 Å². The molecule has 17 heavy (non-hydrogen) atoms. The van der Waals surface area contributed by atoms with E-state index in [1.807, 2.05) is 50.4 Å². The van der Waals surface area contributed by atoms with Gasteiger partial charge in [-0.1, -0.05) is 18.2 Å². The topological polar surface area (TPSA) is 38.3 Å². The summed E-state index contributed by atoms with van der Waals surface area (Å²) in [7, 11) is 0. The summed E-state index contributed by atoms with van der Waals surface area (Å²) < 4.78 is 6.37. The van der Waals surface area contributed by atoms with Gasteiger partial charge >= 0.3 is 6.09 Å². The minimum absolute atomic E-state index is 0.416. The van der Waals surface area contributed by atoms with E-state index in [-0.39, 0.29) is 0 Å². The summed E-state index contributed by atoms with van der Waals surface area (Å²) in [5.41, 5.74) is 0.329. The Morgan fingerprint density at radius 2 is 2.00 bits per heavy atom. The Labute approximate surface area is 104 Å². The van der Waals surface area contributed by atoms with Gasteiger partial charge in [-0.05, 0) is 26.8 Å². The number of hydrogen-bond donors (Lipinski definition) is 1. The third-order valence-electron chi connectivity index (χ3n) is 2.12. The molecule has 1 N–H and O–H groups in total. The van der Waals surface area contributed by atoms with Crippen LogP contribution in [0.5, 0.6) is 0 Å². The van der Waals surface area contributed by atoms with Gasteiger partial charge in [-0.2, -0.15) is 0 Å². The second-order valence-electron chi connectivity index (χ2n) is 4.77. The number of anilines is 1. The highest BCUT2D eigenvalue weighted by atomic mass is 32.1. The summed E-state index contributed by atoms with van der Waals surface area (Å²) in [6.07, 6.45) is -0.416. The maximum absolute atomic E-state index is 11.6. The Morgan fingerprint density at radius 1 is 1.29 bits per heavy atom. The molecule has 90 valence electrons. The molecule has 0 saturated carbocycles. The van der Waals surface area contributed by atoms with Gasteiger partial charge in [0.2, 0.25) is 0 Å². The lowest BCUT2D eigenvalue weighted by Crippen LogP contribution is -2.27. The number of fused-ring (bicyclic) bond motifs is 1. The van der Waals surface area contributed by atoms with Gasteiger partial charge in [0.05, 0.1) is 5.69 Å². The van der Waals surface area contributed by atoms with Crippen molar-refractivity contribution in [1.29, 1.82) is 0 Å². The van der Waals surface area contributed by atoms with Crippen LogP contribution in [0.15, 0.2) is 29.6 Å². The average Bonchev–Trinajstić information content (AvgIpc) is 2.59. The fourth-order valence-corrected chi connectivity index (χ4v) is 2.38. The zero-order chi connectivity index (χ0) is 12.5. The highest BCUT2D eigenvalue weighted by molar-refractivity contribution is 7.17. The molecule has 1 aromatic carbocycles. The van der Waals surface area contributed by atoms with Crippen molar-refractivity contribution in [1.82, 2.24) is 0 Å². The van der Waals surface area contributed by atoms with E-state index in [0.717, 1.165) is 15.8 Å². The second-order valence-corrected chi connectivity index (χ2v) is 5.68. The first-order valence-corrected chi connectivity index (χ1v) is 6.30. The predicted octanol–water partition coefficient (Wildman–Crippen LogP) is 4.25. The summed E-state index contributed by atoms with van der Waals surface area (Å²) in [4.78, 5) is 11.6. The normalized spacial score (nSPS) is 11.5. The summed E-state index contributed by atoms with van der Waals surface area (Å²) in [6.45, 7) is 5.54. The van der Waals surface area contributed by atoms with Crippen molar-refractivity contribution in [3.63, 3.8) is 0 Å². The fourth-order valence-electron chi connectivity index (χ4n) is 1.49. The molecule has 0 fully saturated rings. The smallest absolute Gasteiger partial charge is 0.412 e. The van der Waals surface area contributed by atoms with Crippen LogP contribution in [0, 0.1) is 0 Å². The quantitative estimate of drug-likeness (QED) is 0.820. The van der Waals surface area contributed by atoms with Gasteiger partial charge in [-0.25, -0.2) is 4.79 Å². The molecule has 3 nitrogen and oxygen atoms in total. The van der Waals surface area contributed by atoms with Crippen LogP contribution in [0.4, 0.5) is 10.5 Å². The number of ether oxygens (including phenoxy) is 1. The summed E-state index contributed by atoms with van der Waals surface area (Å²) in [6, 6.07) is 7.95. The monoisotopic (exact) mass is 249 g/mol. The molecule has 0 saturated heterocycles. The molecule has 1 heterocycles. The van der Waals surface area contributed by atoms with Gasteiger partial charge in [0.1, 0.15) is 5.60 Å². The molecular weight excluding hydrogens is 234 g/mol. The number of hydrogen-bond acceptors (Lipinski definition) is 3. The lowest BCUT2D eigenvalue weighted by atomic mass is 10.2. The summed E-state index contributed by atoms with van der Waals surface area (Å²) in [5, 5.41) is 5.74. The highest BCUT2D eigenvalue weighted by Gasteiger charge is 2.17. The molecular formula is C13H15NO2S. The number of thiophene rings is 1. The molecule has 0 unspecified atom stereocenters. The maximum atomic E-state index is 11.6. The van der Waals surface area contributed by atoms with Crippen LogP contribution >= 0.6 is 11.3 Å². The van der Waals surface area contributed by atoms with Gasteiger partial charge < -0.3 is 4.74 Å². The van der Waals surface area contributed by atoms with Crippen molar-refractivity contribution in [2.75, 3.05) is 5.32 Å². The van der Waals surface area contributed by atoms with E-state index in [0.29, 0.717) is 0 Å². The number of carbonyl (C=O) groups is 1. The molecule has 2 rings (SSSR count). The Kier molecular flexibility index (Phi) is 3.07. The molecule has 0 atom stereocenters. The van der Waals surface area contributed by atoms with Crippen LogP contribution in [0.1, 0.15) is 20.8 Å². The summed E-state index contributed by atoms with van der Waals surface area (Å²) in [5.74, 6) is 0. The molecule has 0 bridgehead atoms. The standard InChI is InChI=1S/C13H15NO2S/c1-13(2,3)16-12(15)14-10-8-17-11-7-5-4-6-9(10)11/h4-8H,1-3H3,(H,14,15). The first-order chi connectivity index (χ1) is 7.96. The minimum atomic E-state index is -0.476. The van der Waals surface area contributed by atoms with Crippen LogP contribution in [0.3, 0.4) is 0 Å². The molecule has 0 aliphatic carbocycles. The lowest BCUT2D eigenvalue weighted by molar-refractivity contribution is 0.0636. The van der Waals surface area contributed by atoms with Crippen molar-refractivity contribution in [3.05, 3.63) is 29.6 Å². The van der Waals surface area contributed by atoms with Crippen LogP contribution in [-0.2, 0) is 4.74 Å². The fraction of sp³-hybridized carbons (Fsp3) is 0.308. The lowest BCUT2D eigenvalue weighted by Gasteiger charge is -2.19. The Morgan fingerprint density at radius 3 is 2.71 bits per heavy atom. The van der Waals surface area contributed by atoms with E-state index < -0.39 is 11.7 Å². The van der Waals surface area contributed by atoms with E-state index in [1.165, 1.54) is 0 Å². The number of nitrogens with one attached hydrogen (secondary N) is 1. The third-order valence-corrected chi connectivity index (χ3v) is 3.08. The molecule has 1 aromatic heterocycles. The van der Waals surface area contributed by atoms with Crippen molar-refractivity contribution < 1.29 is 9.53 Å². The molecule has 2 aromatic rings. The van der Waals surface area contributed by atoms with Gasteiger partial charge in [-0.3, -0.25) is 5.32 Å². The van der Waals surface area contributed by atoms with E-state index in [9.17, 15) is 4.79 Å². The van der Waals surface area contributed by atoms with Crippen LogP contribution in [0.2, 0.25) is 0 Å². The van der Waals surface area contributed by atoms with E-state index in [4.69, 9.17) is 4.74 Å². The van der Waals surface area contributed by atoms with Crippen LogP contribution < -0.4 is 5.32 Å². The first-order valence-electron chi connectivity index (χ1n) is 5.42. The number of carbonyl (C=O) groups excluding carboxylic acids is 1. The molecule has 0 aliphatic heterocycles. The number of amides is 1. The van der Waals surface area contributed by atoms with Gasteiger partial charge in [0, 0.05) is 15.5 Å². The van der Waals surface area contributed by atoms with E-state index in [1.54, 1.807) is 11.3 Å². The average molecular weight is 249 g/mol. The Hall–Kier alpha value is -1.55. The first kappa shape index (κ1) is 11.9. The third kappa shape index (κ3) is 2.97. The van der Waals surface area contributed by atoms with Gasteiger partial charge in [-0.15, -0.1) is 11.3 Å². The molecule has 1 amide bonds. The SMILES string of the molecule is CC(C)(C)OC(=O)Nc1csc2ccccc12. The Bertz CT molecular complexity index is 540. The van der Waals surface area contributed by atoms with Crippen LogP contribution in [0.25, 0.3) is 10.1 Å². The minimum Gasteiger partial charge on any atom is -0.444 e. The largest absolute Gasteiger partial charge is 0.444 e. The van der Waals surface area contributed by atoms with Gasteiger partial charge in [0.15, 0.2) is 0 Å². The maximum Gasteiger partial charge on any atom is 0.412 e. The number of benzene rings is 1. The molecule has 0 aliphatic rings. The van der Waals surface area contributed by atoms with E-state index in [2.05, 4.69) is 5.32 Å². The van der Waals surface area contributed by atoms with Crippen LogP contribution in [-0.4, -0.2) is 11.7 Å². The molecule has 4 heteroatoms. The molecule has 0 radical (unpaired) electrons. The second kappa shape index (κ2) is 4.37. The Balaban J connectivity index is 2.16. The van der Waals surface area contributed by atoms with Gasteiger partial charge in [0.25, 0.3) is 0 Å². The zero-order valence-electron chi connectivity index (χ0n) is 10.1. The number of rotatable bonds is 1. The predicted molar refractivity (Wildman–Crippen MR) is 71.7 cm³/mol. The summed E-state index contributed by atoms with van der Waals surface area (Å²) >= 11 is 1.60. The van der Waals surface area contributed by atoms with Crippen molar-refractivity contribution in [2.24, 2.45) is 0 Å². The van der Waals surface area contributed by atoms with Crippen molar-refractivity contribution in [3.8, 4) is 0 Å². The van der Waals surface area contributed by atoms with E-state index >= 15 is 0 Å². The van der Waals surface area contributed by atoms with Crippen molar-refractivity contribution >= 4 is 33.2 Å².